The maximum Gasteiger partial charge on any atom is 0.325 e. The summed E-state index contributed by atoms with van der Waals surface area (Å²) in [4.78, 5) is 38.0. The molecule has 1 spiro atoms. The van der Waals surface area contributed by atoms with Gasteiger partial charge >= 0.3 is 6.03 Å². The van der Waals surface area contributed by atoms with Crippen LogP contribution in [0.15, 0.2) is 0 Å². The van der Waals surface area contributed by atoms with Crippen molar-refractivity contribution < 1.29 is 14.4 Å². The summed E-state index contributed by atoms with van der Waals surface area (Å²) >= 11 is 0. The van der Waals surface area contributed by atoms with E-state index in [0.717, 1.165) is 37.0 Å². The lowest BCUT2D eigenvalue weighted by Gasteiger charge is -2.30. The molecule has 3 aliphatic rings. The molecule has 23 heavy (non-hydrogen) atoms. The highest BCUT2D eigenvalue weighted by Gasteiger charge is 2.51. The first-order valence-electron chi connectivity index (χ1n) is 8.37. The van der Waals surface area contributed by atoms with Crippen molar-refractivity contribution in [2.75, 3.05) is 6.54 Å². The molecule has 3 rings (SSSR count). The predicted octanol–water partition coefficient (Wildman–Crippen LogP) is 1.19. The zero-order chi connectivity index (χ0) is 16.5. The fourth-order valence-electron chi connectivity index (χ4n) is 4.01. The van der Waals surface area contributed by atoms with E-state index in [4.69, 9.17) is 0 Å². The summed E-state index contributed by atoms with van der Waals surface area (Å²) < 4.78 is 0. The molecule has 0 aromatic carbocycles. The fraction of sp³-hybridized carbons (Fsp3) is 0.750. The highest BCUT2D eigenvalue weighted by atomic mass is 16.2. The van der Waals surface area contributed by atoms with Crippen molar-refractivity contribution >= 4 is 17.8 Å². The first-order valence-corrected chi connectivity index (χ1v) is 8.37. The minimum atomic E-state index is -0.834. The van der Waals surface area contributed by atoms with Crippen LogP contribution in [0.3, 0.4) is 0 Å². The Morgan fingerprint density at radius 1 is 1.13 bits per heavy atom. The summed E-state index contributed by atoms with van der Waals surface area (Å²) in [6.07, 6.45) is 7.21. The molecule has 2 N–H and O–H groups in total. The molecule has 0 radical (unpaired) electrons. The Morgan fingerprint density at radius 2 is 1.74 bits per heavy atom. The van der Waals surface area contributed by atoms with Crippen LogP contribution < -0.4 is 10.6 Å². The number of nitrogens with zero attached hydrogens (tertiary/aromatic N) is 2. The van der Waals surface area contributed by atoms with E-state index in [9.17, 15) is 19.6 Å². The van der Waals surface area contributed by atoms with Crippen LogP contribution in [0.5, 0.6) is 0 Å². The number of nitrogens with one attached hydrogen (secondary N) is 2. The molecule has 7 nitrogen and oxygen atoms in total. The molecular weight excluding hydrogens is 296 g/mol. The van der Waals surface area contributed by atoms with Gasteiger partial charge in [0.05, 0.1) is 6.07 Å². The average Bonchev–Trinajstić information content (AvgIpc) is 3.08. The molecule has 7 heteroatoms. The van der Waals surface area contributed by atoms with Gasteiger partial charge in [-0.05, 0) is 38.5 Å². The lowest BCUT2D eigenvalue weighted by molar-refractivity contribution is -0.136. The quantitative estimate of drug-likeness (QED) is 0.763. The van der Waals surface area contributed by atoms with Crippen molar-refractivity contribution in [2.24, 2.45) is 0 Å². The molecule has 4 amide bonds. The third-order valence-electron chi connectivity index (χ3n) is 5.30. The topological polar surface area (TPSA) is 102 Å². The maximum absolute atomic E-state index is 12.6. The Bertz CT molecular complexity index is 568. The molecule has 1 saturated heterocycles. The van der Waals surface area contributed by atoms with Gasteiger partial charge in [-0.25, -0.2) is 4.79 Å². The smallest absolute Gasteiger partial charge is 0.325 e. The van der Waals surface area contributed by atoms with Crippen molar-refractivity contribution in [3.63, 3.8) is 0 Å². The second-order valence-electron chi connectivity index (χ2n) is 6.91. The Balaban J connectivity index is 1.65. The molecule has 0 aromatic rings. The summed E-state index contributed by atoms with van der Waals surface area (Å²) in [5, 5.41) is 14.8. The van der Waals surface area contributed by atoms with E-state index in [1.807, 2.05) is 0 Å². The van der Waals surface area contributed by atoms with Crippen molar-refractivity contribution in [3.05, 3.63) is 0 Å². The van der Waals surface area contributed by atoms with E-state index >= 15 is 0 Å². The third-order valence-corrected chi connectivity index (χ3v) is 5.30. The van der Waals surface area contributed by atoms with E-state index in [1.54, 1.807) is 0 Å². The zero-order valence-electron chi connectivity index (χ0n) is 13.2. The van der Waals surface area contributed by atoms with Gasteiger partial charge in [0.1, 0.15) is 17.6 Å². The number of imide groups is 1. The zero-order valence-corrected chi connectivity index (χ0v) is 13.2. The Kier molecular flexibility index (Phi) is 4.00. The van der Waals surface area contributed by atoms with Crippen molar-refractivity contribution in [3.8, 4) is 6.07 Å². The number of carbonyl (C=O) groups is 3. The number of carbonyl (C=O) groups excluding carboxylic acids is 3. The van der Waals surface area contributed by atoms with Gasteiger partial charge in [0.25, 0.3) is 5.91 Å². The first kappa shape index (κ1) is 15.8. The molecular formula is C16H22N4O3. The summed E-state index contributed by atoms with van der Waals surface area (Å²) in [7, 11) is 0. The van der Waals surface area contributed by atoms with Gasteiger partial charge in [-0.15, -0.1) is 0 Å². The summed E-state index contributed by atoms with van der Waals surface area (Å²) in [5.41, 5.74) is -1.64. The molecule has 3 fully saturated rings. The van der Waals surface area contributed by atoms with E-state index in [-0.39, 0.29) is 12.5 Å². The molecule has 0 bridgehead atoms. The van der Waals surface area contributed by atoms with Gasteiger partial charge in [-0.3, -0.25) is 14.5 Å². The van der Waals surface area contributed by atoms with Crippen LogP contribution in [-0.2, 0) is 9.59 Å². The Hall–Kier alpha value is -2.10. The number of urea groups is 1. The van der Waals surface area contributed by atoms with E-state index in [1.165, 1.54) is 0 Å². The largest absolute Gasteiger partial charge is 0.336 e. The molecule has 1 aliphatic heterocycles. The minimum Gasteiger partial charge on any atom is -0.336 e. The van der Waals surface area contributed by atoms with Crippen LogP contribution in [-0.4, -0.2) is 40.4 Å². The second kappa shape index (κ2) is 5.84. The third kappa shape index (κ3) is 2.78. The first-order chi connectivity index (χ1) is 11.0. The highest BCUT2D eigenvalue weighted by Crippen LogP contribution is 2.33. The van der Waals surface area contributed by atoms with Gasteiger partial charge in [-0.2, -0.15) is 5.26 Å². The number of hydrogen-bond donors (Lipinski definition) is 2. The Morgan fingerprint density at radius 3 is 2.35 bits per heavy atom. The van der Waals surface area contributed by atoms with Gasteiger partial charge in [0, 0.05) is 0 Å². The number of nitriles is 1. The second-order valence-corrected chi connectivity index (χ2v) is 6.91. The van der Waals surface area contributed by atoms with Gasteiger partial charge in [-0.1, -0.05) is 19.3 Å². The molecule has 0 aromatic heterocycles. The fourth-order valence-corrected chi connectivity index (χ4v) is 4.01. The monoisotopic (exact) mass is 318 g/mol. The van der Waals surface area contributed by atoms with Crippen LogP contribution in [0.2, 0.25) is 0 Å². The van der Waals surface area contributed by atoms with Crippen molar-refractivity contribution in [1.29, 1.82) is 5.26 Å². The van der Waals surface area contributed by atoms with Crippen molar-refractivity contribution in [1.82, 2.24) is 15.5 Å². The lowest BCUT2D eigenvalue weighted by Crippen LogP contribution is -2.51. The van der Waals surface area contributed by atoms with Crippen LogP contribution in [0.25, 0.3) is 0 Å². The van der Waals surface area contributed by atoms with Gasteiger partial charge in [0.15, 0.2) is 0 Å². The number of amides is 4. The van der Waals surface area contributed by atoms with E-state index < -0.39 is 23.0 Å². The van der Waals surface area contributed by atoms with Crippen LogP contribution in [0.1, 0.15) is 57.8 Å². The number of rotatable bonds is 3. The van der Waals surface area contributed by atoms with Crippen molar-refractivity contribution in [2.45, 2.75) is 68.9 Å². The average molecular weight is 318 g/mol. The summed E-state index contributed by atoms with van der Waals surface area (Å²) in [6.45, 7) is -0.310. The SMILES string of the molecule is N#CC1(NC(=O)CN2C(=O)NC3(CCCCC3)C2=O)CCCC1. The molecule has 1 heterocycles. The molecule has 2 saturated carbocycles. The van der Waals surface area contributed by atoms with Gasteiger partial charge in [0.2, 0.25) is 5.91 Å². The van der Waals surface area contributed by atoms with Gasteiger partial charge < -0.3 is 10.6 Å². The standard InChI is InChI=1S/C16H22N4O3/c17-11-15(6-4-5-7-15)18-12(21)10-20-13(22)16(19-14(20)23)8-2-1-3-9-16/h1-10H2,(H,18,21)(H,19,23). The summed E-state index contributed by atoms with van der Waals surface area (Å²) in [5.74, 6) is -0.736. The molecule has 0 atom stereocenters. The normalized spacial score (nSPS) is 25.3. The number of hydrogen-bond acceptors (Lipinski definition) is 4. The molecule has 0 unspecified atom stereocenters. The molecule has 124 valence electrons. The predicted molar refractivity (Wildman–Crippen MR) is 81.0 cm³/mol. The van der Waals surface area contributed by atoms with Crippen LogP contribution >= 0.6 is 0 Å². The van der Waals surface area contributed by atoms with Crippen LogP contribution in [0.4, 0.5) is 4.79 Å². The minimum absolute atomic E-state index is 0.297. The lowest BCUT2D eigenvalue weighted by atomic mass is 9.82. The Labute approximate surface area is 135 Å². The highest BCUT2D eigenvalue weighted by molar-refractivity contribution is 6.09. The summed E-state index contributed by atoms with van der Waals surface area (Å²) in [6, 6.07) is 1.68. The van der Waals surface area contributed by atoms with E-state index in [2.05, 4.69) is 16.7 Å². The van der Waals surface area contributed by atoms with Crippen LogP contribution in [0, 0.1) is 11.3 Å². The molecule has 2 aliphatic carbocycles. The van der Waals surface area contributed by atoms with E-state index in [0.29, 0.717) is 25.7 Å². The maximum atomic E-state index is 12.6.